The average Bonchev–Trinajstić information content (AvgIpc) is 2.54. The van der Waals surface area contributed by atoms with Gasteiger partial charge in [0.25, 0.3) is 0 Å². The summed E-state index contributed by atoms with van der Waals surface area (Å²) in [5, 5.41) is 20.5. The third-order valence-electron chi connectivity index (χ3n) is 5.55. The van der Waals surface area contributed by atoms with E-state index < -0.39 is 17.5 Å². The summed E-state index contributed by atoms with van der Waals surface area (Å²) in [7, 11) is 1.67. The Balaban J connectivity index is 2.25. The van der Waals surface area contributed by atoms with E-state index in [0.717, 1.165) is 23.3 Å². The van der Waals surface area contributed by atoms with E-state index in [1.54, 1.807) is 7.11 Å². The molecule has 0 saturated carbocycles. The first-order valence-electron chi connectivity index (χ1n) is 9.47. The van der Waals surface area contributed by atoms with Crippen LogP contribution in [-0.2, 0) is 11.3 Å². The van der Waals surface area contributed by atoms with Gasteiger partial charge in [0.1, 0.15) is 11.2 Å². The van der Waals surface area contributed by atoms with Gasteiger partial charge in [0.05, 0.1) is 13.2 Å². The van der Waals surface area contributed by atoms with Crippen LogP contribution >= 0.6 is 0 Å². The number of rotatable bonds is 7. The summed E-state index contributed by atoms with van der Waals surface area (Å²) in [6.45, 7) is 9.95. The molecule has 1 fully saturated rings. The van der Waals surface area contributed by atoms with E-state index in [2.05, 4.69) is 37.8 Å². The molecular weight excluding hydrogens is 330 g/mol. The topological polar surface area (TPSA) is 70.0 Å². The zero-order valence-corrected chi connectivity index (χ0v) is 16.7. The smallest absolute Gasteiger partial charge is 0.313 e. The molecule has 0 bridgehead atoms. The Labute approximate surface area is 157 Å². The first-order valence-corrected chi connectivity index (χ1v) is 9.47. The lowest BCUT2D eigenvalue weighted by Gasteiger charge is -2.44. The van der Waals surface area contributed by atoms with Crippen molar-refractivity contribution in [3.05, 3.63) is 28.8 Å². The first kappa shape index (κ1) is 20.7. The molecule has 0 unspecified atom stereocenters. The van der Waals surface area contributed by atoms with Gasteiger partial charge in [-0.1, -0.05) is 31.5 Å². The number of hydrogen-bond acceptors (Lipinski definition) is 4. The summed E-state index contributed by atoms with van der Waals surface area (Å²) in [4.78, 5) is 14.3. The van der Waals surface area contributed by atoms with Crippen LogP contribution in [0, 0.1) is 25.2 Å². The van der Waals surface area contributed by atoms with Gasteiger partial charge in [-0.25, -0.2) is 0 Å². The molecule has 26 heavy (non-hydrogen) atoms. The summed E-state index contributed by atoms with van der Waals surface area (Å²) >= 11 is 0. The number of hydrogen-bond donors (Lipinski definition) is 2. The number of aliphatic carboxylic acids is 1. The van der Waals surface area contributed by atoms with Crippen molar-refractivity contribution in [2.45, 2.75) is 59.6 Å². The van der Waals surface area contributed by atoms with Crippen molar-refractivity contribution in [3.8, 4) is 5.75 Å². The van der Waals surface area contributed by atoms with E-state index in [9.17, 15) is 15.0 Å². The maximum absolute atomic E-state index is 12.1. The molecule has 1 heterocycles. The van der Waals surface area contributed by atoms with Crippen LogP contribution in [0.3, 0.4) is 0 Å². The Morgan fingerprint density at radius 3 is 2.65 bits per heavy atom. The largest absolute Gasteiger partial charge is 0.496 e. The molecule has 0 aromatic heterocycles. The second-order valence-electron chi connectivity index (χ2n) is 8.18. The predicted octanol–water partition coefficient (Wildman–Crippen LogP) is 3.39. The van der Waals surface area contributed by atoms with Crippen LogP contribution in [0.25, 0.3) is 0 Å². The molecule has 0 aliphatic carbocycles. The third-order valence-corrected chi connectivity index (χ3v) is 5.55. The molecule has 1 aromatic rings. The van der Waals surface area contributed by atoms with Crippen molar-refractivity contribution in [1.29, 1.82) is 0 Å². The summed E-state index contributed by atoms with van der Waals surface area (Å²) < 4.78 is 5.58. The molecule has 1 aliphatic rings. The molecule has 5 heteroatoms. The van der Waals surface area contributed by atoms with Crippen LogP contribution in [0.4, 0.5) is 0 Å². The van der Waals surface area contributed by atoms with Gasteiger partial charge in [-0.15, -0.1) is 0 Å². The molecular formula is C21H33NO4. The Bertz CT molecular complexity index is 643. The second kappa shape index (κ2) is 8.40. The summed E-state index contributed by atoms with van der Waals surface area (Å²) in [5.74, 6) is 0.390. The van der Waals surface area contributed by atoms with Crippen LogP contribution < -0.4 is 4.74 Å². The Kier molecular flexibility index (Phi) is 6.69. The van der Waals surface area contributed by atoms with Gasteiger partial charge in [-0.05, 0) is 44.6 Å². The van der Waals surface area contributed by atoms with Crippen LogP contribution in [0.5, 0.6) is 5.75 Å². The van der Waals surface area contributed by atoms with E-state index in [0.29, 0.717) is 38.4 Å². The third kappa shape index (κ3) is 4.38. The van der Waals surface area contributed by atoms with Crippen LogP contribution in [0.2, 0.25) is 0 Å². The monoisotopic (exact) mass is 363 g/mol. The fourth-order valence-corrected chi connectivity index (χ4v) is 4.10. The van der Waals surface area contributed by atoms with E-state index in [4.69, 9.17) is 4.74 Å². The highest BCUT2D eigenvalue weighted by atomic mass is 16.5. The average molecular weight is 363 g/mol. The lowest BCUT2D eigenvalue weighted by atomic mass is 9.72. The van der Waals surface area contributed by atoms with Crippen molar-refractivity contribution in [1.82, 2.24) is 4.90 Å². The Morgan fingerprint density at radius 1 is 1.38 bits per heavy atom. The fraction of sp³-hybridized carbons (Fsp3) is 0.667. The number of nitrogens with zero attached hydrogens (tertiary/aromatic N) is 1. The maximum atomic E-state index is 12.1. The summed E-state index contributed by atoms with van der Waals surface area (Å²) in [6, 6.07) is 4.19. The van der Waals surface area contributed by atoms with Crippen LogP contribution in [0.1, 0.15) is 49.8 Å². The molecule has 2 atom stereocenters. The summed E-state index contributed by atoms with van der Waals surface area (Å²) in [5.41, 5.74) is 2.24. The van der Waals surface area contributed by atoms with Crippen LogP contribution in [0.15, 0.2) is 12.1 Å². The molecule has 0 radical (unpaired) electrons. The minimum atomic E-state index is -1.09. The molecule has 5 nitrogen and oxygen atoms in total. The molecule has 1 aromatic carbocycles. The van der Waals surface area contributed by atoms with E-state index in [-0.39, 0.29) is 0 Å². The van der Waals surface area contributed by atoms with Gasteiger partial charge in [-0.3, -0.25) is 9.69 Å². The number of carbonyl (C=O) groups is 1. The van der Waals surface area contributed by atoms with E-state index in [1.807, 2.05) is 6.92 Å². The molecule has 2 N–H and O–H groups in total. The predicted molar refractivity (Wildman–Crippen MR) is 103 cm³/mol. The molecule has 0 amide bonds. The molecule has 2 rings (SSSR count). The minimum absolute atomic E-state index is 0.367. The number of benzene rings is 1. The van der Waals surface area contributed by atoms with E-state index in [1.165, 1.54) is 5.56 Å². The van der Waals surface area contributed by atoms with Crippen molar-refractivity contribution >= 4 is 5.97 Å². The fourth-order valence-electron chi connectivity index (χ4n) is 4.10. The normalized spacial score (nSPS) is 24.0. The molecule has 0 spiro atoms. The number of carboxylic acid groups (broad SMARTS) is 1. The lowest BCUT2D eigenvalue weighted by molar-refractivity contribution is -0.165. The van der Waals surface area contributed by atoms with Gasteiger partial charge in [-0.2, -0.15) is 0 Å². The zero-order valence-electron chi connectivity index (χ0n) is 16.7. The molecule has 1 aliphatic heterocycles. The van der Waals surface area contributed by atoms with E-state index >= 15 is 0 Å². The quantitative estimate of drug-likeness (QED) is 0.777. The SMILES string of the molecule is COc1c(C)cc(C)cc1CN1CC[C@@H](O)[C@](CCC(C)C)(C(=O)O)C1. The zero-order chi connectivity index (χ0) is 19.5. The minimum Gasteiger partial charge on any atom is -0.496 e. The Hall–Kier alpha value is -1.59. The highest BCUT2D eigenvalue weighted by molar-refractivity contribution is 5.76. The van der Waals surface area contributed by atoms with Gasteiger partial charge in [0.2, 0.25) is 0 Å². The first-order chi connectivity index (χ1) is 12.2. The van der Waals surface area contributed by atoms with Crippen molar-refractivity contribution in [3.63, 3.8) is 0 Å². The lowest BCUT2D eigenvalue weighted by Crippen LogP contribution is -2.55. The second-order valence-corrected chi connectivity index (χ2v) is 8.18. The van der Waals surface area contributed by atoms with Crippen molar-refractivity contribution < 1.29 is 19.7 Å². The van der Waals surface area contributed by atoms with Gasteiger partial charge in [0.15, 0.2) is 0 Å². The number of aliphatic hydroxyl groups is 1. The number of piperidine rings is 1. The number of aryl methyl sites for hydroxylation is 2. The van der Waals surface area contributed by atoms with Crippen molar-refractivity contribution in [2.24, 2.45) is 11.3 Å². The molecule has 146 valence electrons. The maximum Gasteiger partial charge on any atom is 0.313 e. The number of carboxylic acids is 1. The van der Waals surface area contributed by atoms with Gasteiger partial charge >= 0.3 is 5.97 Å². The number of ether oxygens (including phenoxy) is 1. The number of likely N-dealkylation sites (tertiary alicyclic amines) is 1. The highest BCUT2D eigenvalue weighted by Crippen LogP contribution is 2.38. The Morgan fingerprint density at radius 2 is 2.08 bits per heavy atom. The highest BCUT2D eigenvalue weighted by Gasteiger charge is 2.48. The molecule has 1 saturated heterocycles. The standard InChI is InChI=1S/C21H33NO4/c1-14(2)6-8-21(20(24)25)13-22(9-7-18(21)23)12-17-11-15(3)10-16(4)19(17)26-5/h10-11,14,18,23H,6-9,12-13H2,1-5H3,(H,24,25)/t18-,21-/m1/s1. The van der Waals surface area contributed by atoms with Crippen molar-refractivity contribution in [2.75, 3.05) is 20.2 Å². The number of aliphatic hydroxyl groups excluding tert-OH is 1. The summed E-state index contributed by atoms with van der Waals surface area (Å²) in [6.07, 6.45) is 0.986. The van der Waals surface area contributed by atoms with Crippen LogP contribution in [-0.4, -0.2) is 47.4 Å². The number of methoxy groups -OCH3 is 1. The van der Waals surface area contributed by atoms with Gasteiger partial charge in [0, 0.05) is 25.2 Å². The van der Waals surface area contributed by atoms with Gasteiger partial charge < -0.3 is 14.9 Å².